The van der Waals surface area contributed by atoms with E-state index in [1.807, 2.05) is 38.2 Å². The molecule has 1 aromatic heterocycles. The number of hydrogen-bond donors (Lipinski definition) is 2. The number of aryl methyl sites for hydroxylation is 1. The molecule has 3 N–H and O–H groups in total. The van der Waals surface area contributed by atoms with E-state index in [1.54, 1.807) is 10.9 Å². The molecule has 18 heavy (non-hydrogen) atoms. The number of ether oxygens (including phenoxy) is 1. The van der Waals surface area contributed by atoms with Gasteiger partial charge in [-0.05, 0) is 24.6 Å². The normalized spacial score (nSPS) is 12.4. The largest absolute Gasteiger partial charge is 0.494 e. The molecule has 1 unspecified atom stereocenters. The quantitative estimate of drug-likeness (QED) is 0.602. The first-order valence-corrected chi connectivity index (χ1v) is 5.79. The third-order valence-electron chi connectivity index (χ3n) is 2.74. The molecule has 6 nitrogen and oxygen atoms in total. The fourth-order valence-electron chi connectivity index (χ4n) is 1.83. The molecule has 0 saturated carbocycles. The SMILES string of the molecule is CCOc1ccc(C(NN)c2cnnn2C)cc1. The molecule has 6 heteroatoms. The maximum atomic E-state index is 5.61. The Morgan fingerprint density at radius 3 is 2.61 bits per heavy atom. The molecule has 0 aliphatic carbocycles. The Kier molecular flexibility index (Phi) is 3.91. The Hall–Kier alpha value is -1.92. The van der Waals surface area contributed by atoms with Crippen LogP contribution in [0.15, 0.2) is 30.5 Å². The van der Waals surface area contributed by atoms with E-state index >= 15 is 0 Å². The van der Waals surface area contributed by atoms with Gasteiger partial charge in [-0.15, -0.1) is 5.10 Å². The summed E-state index contributed by atoms with van der Waals surface area (Å²) in [4.78, 5) is 0. The van der Waals surface area contributed by atoms with E-state index in [0.717, 1.165) is 17.0 Å². The maximum absolute atomic E-state index is 5.61. The van der Waals surface area contributed by atoms with Crippen LogP contribution in [0.25, 0.3) is 0 Å². The first-order chi connectivity index (χ1) is 8.76. The third kappa shape index (κ3) is 2.49. The van der Waals surface area contributed by atoms with E-state index in [0.29, 0.717) is 6.61 Å². The van der Waals surface area contributed by atoms with Crippen LogP contribution in [0.4, 0.5) is 0 Å². The van der Waals surface area contributed by atoms with Crippen LogP contribution in [0, 0.1) is 0 Å². The second kappa shape index (κ2) is 5.61. The van der Waals surface area contributed by atoms with Crippen molar-refractivity contribution in [2.75, 3.05) is 6.61 Å². The molecule has 1 heterocycles. The van der Waals surface area contributed by atoms with Crippen LogP contribution < -0.4 is 16.0 Å². The van der Waals surface area contributed by atoms with E-state index in [9.17, 15) is 0 Å². The standard InChI is InChI=1S/C12H17N5O/c1-3-18-10-6-4-9(5-7-10)12(15-13)11-8-14-16-17(11)2/h4-8,12,15H,3,13H2,1-2H3. The molecule has 0 spiro atoms. The van der Waals surface area contributed by atoms with Crippen molar-refractivity contribution in [1.82, 2.24) is 20.4 Å². The van der Waals surface area contributed by atoms with Gasteiger partial charge in [-0.2, -0.15) is 0 Å². The minimum absolute atomic E-state index is 0.138. The van der Waals surface area contributed by atoms with Gasteiger partial charge in [0.2, 0.25) is 0 Å². The summed E-state index contributed by atoms with van der Waals surface area (Å²) >= 11 is 0. The van der Waals surface area contributed by atoms with Crippen molar-refractivity contribution >= 4 is 0 Å². The maximum Gasteiger partial charge on any atom is 0.119 e. The summed E-state index contributed by atoms with van der Waals surface area (Å²) in [6.45, 7) is 2.61. The van der Waals surface area contributed by atoms with E-state index < -0.39 is 0 Å². The zero-order valence-corrected chi connectivity index (χ0v) is 10.5. The molecule has 2 rings (SSSR count). The van der Waals surface area contributed by atoms with Crippen molar-refractivity contribution in [1.29, 1.82) is 0 Å². The number of hydrazine groups is 1. The zero-order valence-electron chi connectivity index (χ0n) is 10.5. The summed E-state index contributed by atoms with van der Waals surface area (Å²) in [6, 6.07) is 7.66. The Bertz CT molecular complexity index is 493. The lowest BCUT2D eigenvalue weighted by Crippen LogP contribution is -2.30. The van der Waals surface area contributed by atoms with Gasteiger partial charge in [0.1, 0.15) is 5.75 Å². The van der Waals surface area contributed by atoms with Crippen molar-refractivity contribution < 1.29 is 4.74 Å². The molecule has 2 aromatic rings. The van der Waals surface area contributed by atoms with Crippen molar-refractivity contribution in [3.63, 3.8) is 0 Å². The highest BCUT2D eigenvalue weighted by Gasteiger charge is 2.16. The predicted octanol–water partition coefficient (Wildman–Crippen LogP) is 0.766. The number of rotatable bonds is 5. The van der Waals surface area contributed by atoms with Crippen LogP contribution in [0.2, 0.25) is 0 Å². The second-order valence-electron chi connectivity index (χ2n) is 3.88. The lowest BCUT2D eigenvalue weighted by atomic mass is 10.0. The fourth-order valence-corrected chi connectivity index (χ4v) is 1.83. The van der Waals surface area contributed by atoms with Crippen LogP contribution in [0.1, 0.15) is 24.2 Å². The summed E-state index contributed by atoms with van der Waals surface area (Å²) < 4.78 is 7.10. The number of aromatic nitrogens is 3. The molecule has 0 bridgehead atoms. The molecule has 0 amide bonds. The molecule has 0 aliphatic heterocycles. The highest BCUT2D eigenvalue weighted by atomic mass is 16.5. The van der Waals surface area contributed by atoms with Gasteiger partial charge in [-0.25, -0.2) is 5.43 Å². The first kappa shape index (κ1) is 12.5. The molecule has 1 atom stereocenters. The number of nitrogens with zero attached hydrogens (tertiary/aromatic N) is 3. The number of nitrogens with one attached hydrogen (secondary N) is 1. The number of benzene rings is 1. The van der Waals surface area contributed by atoms with E-state index in [1.165, 1.54) is 0 Å². The summed E-state index contributed by atoms with van der Waals surface area (Å²) in [6.07, 6.45) is 1.70. The van der Waals surface area contributed by atoms with E-state index in [2.05, 4.69) is 15.7 Å². The summed E-state index contributed by atoms with van der Waals surface area (Å²) in [5.41, 5.74) is 4.71. The van der Waals surface area contributed by atoms with Crippen molar-refractivity contribution in [2.45, 2.75) is 13.0 Å². The summed E-state index contributed by atoms with van der Waals surface area (Å²) in [5.74, 6) is 6.46. The topological polar surface area (TPSA) is 78.0 Å². The molecule has 1 aromatic carbocycles. The third-order valence-corrected chi connectivity index (χ3v) is 2.74. The highest BCUT2D eigenvalue weighted by Crippen LogP contribution is 2.22. The average Bonchev–Trinajstić information content (AvgIpc) is 2.79. The van der Waals surface area contributed by atoms with Crippen molar-refractivity contribution in [3.05, 3.63) is 41.7 Å². The monoisotopic (exact) mass is 247 g/mol. The fraction of sp³-hybridized carbons (Fsp3) is 0.333. The molecular weight excluding hydrogens is 230 g/mol. The van der Waals surface area contributed by atoms with Gasteiger partial charge in [0.15, 0.2) is 0 Å². The first-order valence-electron chi connectivity index (χ1n) is 5.79. The summed E-state index contributed by atoms with van der Waals surface area (Å²) in [5, 5.41) is 7.76. The van der Waals surface area contributed by atoms with Crippen LogP contribution >= 0.6 is 0 Å². The molecular formula is C12H17N5O. The Morgan fingerprint density at radius 2 is 2.11 bits per heavy atom. The van der Waals surface area contributed by atoms with Crippen molar-refractivity contribution in [3.8, 4) is 5.75 Å². The van der Waals surface area contributed by atoms with Crippen LogP contribution in [-0.4, -0.2) is 21.6 Å². The van der Waals surface area contributed by atoms with Crippen LogP contribution in [0.3, 0.4) is 0 Å². The smallest absolute Gasteiger partial charge is 0.119 e. The van der Waals surface area contributed by atoms with Crippen molar-refractivity contribution in [2.24, 2.45) is 12.9 Å². The predicted molar refractivity (Wildman–Crippen MR) is 67.8 cm³/mol. The highest BCUT2D eigenvalue weighted by molar-refractivity contribution is 5.32. The molecule has 0 saturated heterocycles. The Labute approximate surface area is 106 Å². The molecule has 96 valence electrons. The van der Waals surface area contributed by atoms with E-state index in [-0.39, 0.29) is 6.04 Å². The second-order valence-corrected chi connectivity index (χ2v) is 3.88. The van der Waals surface area contributed by atoms with Gasteiger partial charge >= 0.3 is 0 Å². The van der Waals surface area contributed by atoms with Gasteiger partial charge < -0.3 is 4.74 Å². The van der Waals surface area contributed by atoms with Gasteiger partial charge in [-0.3, -0.25) is 10.5 Å². The number of nitrogens with two attached hydrogens (primary N) is 1. The minimum Gasteiger partial charge on any atom is -0.494 e. The summed E-state index contributed by atoms with van der Waals surface area (Å²) in [7, 11) is 1.83. The molecule has 0 fully saturated rings. The van der Waals surface area contributed by atoms with Gasteiger partial charge in [0, 0.05) is 7.05 Å². The van der Waals surface area contributed by atoms with Gasteiger partial charge in [0.25, 0.3) is 0 Å². The lowest BCUT2D eigenvalue weighted by molar-refractivity contribution is 0.340. The average molecular weight is 247 g/mol. The minimum atomic E-state index is -0.138. The molecule has 0 aliphatic rings. The van der Waals surface area contributed by atoms with Gasteiger partial charge in [0.05, 0.1) is 24.5 Å². The van der Waals surface area contributed by atoms with Gasteiger partial charge in [-0.1, -0.05) is 17.3 Å². The van der Waals surface area contributed by atoms with Crippen LogP contribution in [0.5, 0.6) is 5.75 Å². The lowest BCUT2D eigenvalue weighted by Gasteiger charge is -2.16. The zero-order chi connectivity index (χ0) is 13.0. The van der Waals surface area contributed by atoms with Crippen LogP contribution in [-0.2, 0) is 7.05 Å². The Morgan fingerprint density at radius 1 is 1.39 bits per heavy atom. The molecule has 0 radical (unpaired) electrons. The number of hydrogen-bond acceptors (Lipinski definition) is 5. The van der Waals surface area contributed by atoms with E-state index in [4.69, 9.17) is 10.6 Å². The Balaban J connectivity index is 2.25.